The summed E-state index contributed by atoms with van der Waals surface area (Å²) in [5, 5.41) is 0.794. The molecule has 0 heterocycles. The molecule has 0 aromatic heterocycles. The molecule has 0 atom stereocenters. The number of aryl methyl sites for hydroxylation is 2. The minimum absolute atomic E-state index is 0.125. The maximum absolute atomic E-state index is 6.08. The number of terminal acetylenes is 1. The molecule has 0 saturated carbocycles. The van der Waals surface area contributed by atoms with Gasteiger partial charge in [-0.05, 0) is 104 Å². The van der Waals surface area contributed by atoms with E-state index in [0.717, 1.165) is 24.3 Å². The van der Waals surface area contributed by atoms with Crippen molar-refractivity contribution in [3.8, 4) is 23.5 Å². The Morgan fingerprint density at radius 3 is 2.06 bits per heavy atom. The molecule has 0 aliphatic rings. The minimum atomic E-state index is -0.125. The molecule has 0 aliphatic carbocycles. The van der Waals surface area contributed by atoms with Crippen LogP contribution in [0.1, 0.15) is 84.9 Å². The first kappa shape index (κ1) is 32.5. The zero-order chi connectivity index (χ0) is 27.2. The molecule has 0 N–H and O–H groups in total. The Morgan fingerprint density at radius 2 is 1.69 bits per heavy atom. The van der Waals surface area contributed by atoms with Gasteiger partial charge in [-0.2, -0.15) is 0 Å². The highest BCUT2D eigenvalue weighted by atomic mass is 35.5. The fourth-order valence-corrected chi connectivity index (χ4v) is 3.50. The third-order valence-electron chi connectivity index (χ3n) is 5.88. The van der Waals surface area contributed by atoms with Crippen LogP contribution in [-0.4, -0.2) is 0 Å². The van der Waals surface area contributed by atoms with Gasteiger partial charge in [0, 0.05) is 10.4 Å². The van der Waals surface area contributed by atoms with Crippen LogP contribution in [0.5, 0.6) is 0 Å². The first-order chi connectivity index (χ1) is 16.3. The van der Waals surface area contributed by atoms with E-state index < -0.39 is 0 Å². The van der Waals surface area contributed by atoms with E-state index in [1.54, 1.807) is 6.08 Å². The molecular weight excluding hydrogens is 444 g/mol. The van der Waals surface area contributed by atoms with Crippen molar-refractivity contribution < 1.29 is 0 Å². The molecule has 35 heavy (non-hydrogen) atoms. The van der Waals surface area contributed by atoms with Crippen LogP contribution in [-0.2, 0) is 6.42 Å². The maximum atomic E-state index is 6.08. The first-order valence-corrected chi connectivity index (χ1v) is 13.1. The van der Waals surface area contributed by atoms with E-state index in [0.29, 0.717) is 5.92 Å². The molecule has 1 heteroatoms. The van der Waals surface area contributed by atoms with Gasteiger partial charge in [0.25, 0.3) is 0 Å². The zero-order valence-electron chi connectivity index (χ0n) is 23.7. The SMILES string of the molecule is C#CC(C)(C)C=C.C=C(CC)CC.CCc1ccc(-c2ccc(Cl)cc2C)cc1/C(C)=C/C(C)C. The van der Waals surface area contributed by atoms with Crippen molar-refractivity contribution in [2.45, 2.75) is 81.6 Å². The number of rotatable bonds is 7. The molecule has 0 radical (unpaired) electrons. The quantitative estimate of drug-likeness (QED) is 0.267. The van der Waals surface area contributed by atoms with E-state index in [-0.39, 0.29) is 5.41 Å². The molecule has 2 aromatic carbocycles. The lowest BCUT2D eigenvalue weighted by Gasteiger charge is -2.14. The average molecular weight is 491 g/mol. The fourth-order valence-electron chi connectivity index (χ4n) is 3.27. The zero-order valence-corrected chi connectivity index (χ0v) is 24.4. The van der Waals surface area contributed by atoms with E-state index in [1.807, 2.05) is 26.0 Å². The topological polar surface area (TPSA) is 0 Å². The van der Waals surface area contributed by atoms with Gasteiger partial charge < -0.3 is 0 Å². The van der Waals surface area contributed by atoms with Gasteiger partial charge >= 0.3 is 0 Å². The van der Waals surface area contributed by atoms with Gasteiger partial charge in [0.05, 0.1) is 0 Å². The van der Waals surface area contributed by atoms with Crippen LogP contribution in [0.3, 0.4) is 0 Å². The Kier molecular flexibility index (Phi) is 15.1. The van der Waals surface area contributed by atoms with Crippen LogP contribution >= 0.6 is 11.6 Å². The van der Waals surface area contributed by atoms with Gasteiger partial charge in [0.15, 0.2) is 0 Å². The molecule has 2 rings (SSSR count). The molecule has 0 bridgehead atoms. The second-order valence-electron chi connectivity index (χ2n) is 9.81. The van der Waals surface area contributed by atoms with Crippen LogP contribution in [0.25, 0.3) is 16.7 Å². The van der Waals surface area contributed by atoms with E-state index in [2.05, 4.69) is 97.9 Å². The van der Waals surface area contributed by atoms with Gasteiger partial charge in [0.2, 0.25) is 0 Å². The predicted octanol–water partition coefficient (Wildman–Crippen LogP) is 11.1. The number of benzene rings is 2. The lowest BCUT2D eigenvalue weighted by Crippen LogP contribution is -2.00. The Bertz CT molecular complexity index is 1020. The first-order valence-electron chi connectivity index (χ1n) is 12.7. The normalized spacial score (nSPS) is 11.0. The Hall–Kier alpha value is -2.49. The molecule has 0 saturated heterocycles. The van der Waals surface area contributed by atoms with Crippen molar-refractivity contribution in [3.05, 3.63) is 89.0 Å². The molecule has 190 valence electrons. The van der Waals surface area contributed by atoms with Crippen LogP contribution in [0.2, 0.25) is 5.02 Å². The largest absolute Gasteiger partial charge is 0.119 e. The highest BCUT2D eigenvalue weighted by Crippen LogP contribution is 2.31. The maximum Gasteiger partial charge on any atom is 0.0432 e. The third-order valence-corrected chi connectivity index (χ3v) is 6.12. The second-order valence-corrected chi connectivity index (χ2v) is 10.2. The summed E-state index contributed by atoms with van der Waals surface area (Å²) in [5.74, 6) is 3.13. The molecule has 0 nitrogen and oxygen atoms in total. The van der Waals surface area contributed by atoms with Crippen molar-refractivity contribution in [1.29, 1.82) is 0 Å². The van der Waals surface area contributed by atoms with E-state index in [9.17, 15) is 0 Å². The number of allylic oxidation sites excluding steroid dienone is 4. The van der Waals surface area contributed by atoms with Crippen molar-refractivity contribution >= 4 is 17.2 Å². The van der Waals surface area contributed by atoms with Crippen molar-refractivity contribution in [2.24, 2.45) is 11.3 Å². The Labute approximate surface area is 222 Å². The van der Waals surface area contributed by atoms with Crippen LogP contribution in [0.4, 0.5) is 0 Å². The van der Waals surface area contributed by atoms with Crippen LogP contribution in [0, 0.1) is 30.6 Å². The summed E-state index contributed by atoms with van der Waals surface area (Å²) >= 11 is 6.08. The predicted molar refractivity (Wildman–Crippen MR) is 162 cm³/mol. The van der Waals surface area contributed by atoms with E-state index in [1.165, 1.54) is 39.0 Å². The Balaban J connectivity index is 0.000000733. The smallest absolute Gasteiger partial charge is 0.0432 e. The molecule has 0 unspecified atom stereocenters. The van der Waals surface area contributed by atoms with Gasteiger partial charge in [-0.25, -0.2) is 0 Å². The highest BCUT2D eigenvalue weighted by Gasteiger charge is 2.09. The molecule has 0 spiro atoms. The van der Waals surface area contributed by atoms with Crippen LogP contribution < -0.4 is 0 Å². The molecule has 2 aromatic rings. The minimum Gasteiger partial charge on any atom is -0.119 e. The number of hydrogen-bond acceptors (Lipinski definition) is 0. The van der Waals surface area contributed by atoms with Crippen molar-refractivity contribution in [3.63, 3.8) is 0 Å². The molecular formula is C34H47Cl. The summed E-state index contributed by atoms with van der Waals surface area (Å²) in [6.07, 6.45) is 12.5. The van der Waals surface area contributed by atoms with Gasteiger partial charge in [-0.3, -0.25) is 0 Å². The lowest BCUT2D eigenvalue weighted by atomic mass is 9.91. The number of hydrogen-bond donors (Lipinski definition) is 0. The third kappa shape index (κ3) is 12.2. The second kappa shape index (κ2) is 16.2. The summed E-state index contributed by atoms with van der Waals surface area (Å²) in [6.45, 7) is 26.5. The fraction of sp³-hybridized carbons (Fsp3) is 0.412. The lowest BCUT2D eigenvalue weighted by molar-refractivity contribution is 0.658. The molecule has 0 fully saturated rings. The van der Waals surface area contributed by atoms with E-state index in [4.69, 9.17) is 18.0 Å². The summed E-state index contributed by atoms with van der Waals surface area (Å²) in [7, 11) is 0. The van der Waals surface area contributed by atoms with Gasteiger partial charge in [0.1, 0.15) is 0 Å². The average Bonchev–Trinajstić information content (AvgIpc) is 2.83. The van der Waals surface area contributed by atoms with E-state index >= 15 is 0 Å². The van der Waals surface area contributed by atoms with Crippen molar-refractivity contribution in [1.82, 2.24) is 0 Å². The highest BCUT2D eigenvalue weighted by molar-refractivity contribution is 6.30. The Morgan fingerprint density at radius 1 is 1.09 bits per heavy atom. The molecule has 0 amide bonds. The monoisotopic (exact) mass is 490 g/mol. The summed E-state index contributed by atoms with van der Waals surface area (Å²) in [5.41, 5.74) is 9.08. The molecule has 0 aliphatic heterocycles. The summed E-state index contributed by atoms with van der Waals surface area (Å²) in [6, 6.07) is 12.9. The van der Waals surface area contributed by atoms with Gasteiger partial charge in [-0.15, -0.1) is 13.0 Å². The number of halogens is 1. The summed E-state index contributed by atoms with van der Waals surface area (Å²) in [4.78, 5) is 0. The summed E-state index contributed by atoms with van der Waals surface area (Å²) < 4.78 is 0. The van der Waals surface area contributed by atoms with Gasteiger partial charge in [-0.1, -0.05) is 94.6 Å². The van der Waals surface area contributed by atoms with Crippen LogP contribution in [0.15, 0.2) is 67.3 Å². The standard InChI is InChI=1S/C21H25Cl.C7H10.C6H12/c1-6-17-7-8-18(13-21(17)15(4)11-14(2)3)20-10-9-19(22)12-16(20)5;1-5-7(3,4)6-2;1-4-6(3)5-2/h7-14H,6H2,1-5H3;1,6H,2H2,3-4H3;3-5H2,1-2H3/b15-11+;;. The van der Waals surface area contributed by atoms with Crippen molar-refractivity contribution in [2.75, 3.05) is 0 Å².